The summed E-state index contributed by atoms with van der Waals surface area (Å²) in [5.41, 5.74) is 1.57. The summed E-state index contributed by atoms with van der Waals surface area (Å²) >= 11 is -4.01. The average Bonchev–Trinajstić information content (AvgIpc) is 3.48. The second kappa shape index (κ2) is 8.57. The van der Waals surface area contributed by atoms with Gasteiger partial charge in [0.25, 0.3) is 0 Å². The van der Waals surface area contributed by atoms with Gasteiger partial charge in [0.15, 0.2) is 0 Å². The van der Waals surface area contributed by atoms with Gasteiger partial charge in [0.05, 0.1) is 0 Å². The van der Waals surface area contributed by atoms with Crippen molar-refractivity contribution in [3.63, 3.8) is 0 Å². The fourth-order valence-electron chi connectivity index (χ4n) is 3.50. The van der Waals surface area contributed by atoms with Crippen molar-refractivity contribution in [3.8, 4) is 36.2 Å². The second-order valence-electron chi connectivity index (χ2n) is 6.81. The minimum absolute atomic E-state index is 0.741. The predicted molar refractivity (Wildman–Crippen MR) is 114 cm³/mol. The van der Waals surface area contributed by atoms with Gasteiger partial charge in [0.1, 0.15) is 0 Å². The van der Waals surface area contributed by atoms with Crippen molar-refractivity contribution in [2.45, 2.75) is 12.8 Å². The van der Waals surface area contributed by atoms with Crippen LogP contribution in [0.2, 0.25) is 0 Å². The summed E-state index contributed by atoms with van der Waals surface area (Å²) < 4.78 is 16.1. The molecule has 2 aliphatic carbocycles. The van der Waals surface area contributed by atoms with Gasteiger partial charge in [-0.05, 0) is 0 Å². The molecule has 0 saturated carbocycles. The molecule has 0 spiro atoms. The van der Waals surface area contributed by atoms with Gasteiger partial charge >= 0.3 is 178 Å². The maximum atomic E-state index is 6.81. The Morgan fingerprint density at radius 2 is 1.21 bits per heavy atom. The summed E-state index contributed by atoms with van der Waals surface area (Å²) in [4.78, 5) is 0. The van der Waals surface area contributed by atoms with Crippen LogP contribution < -0.4 is 5.63 Å². The number of rotatable bonds is 6. The predicted octanol–water partition coefficient (Wildman–Crippen LogP) is 5.78. The van der Waals surface area contributed by atoms with Crippen LogP contribution in [-0.2, 0) is 21.1 Å². The molecule has 0 heterocycles. The molecule has 0 atom stereocenters. The molecule has 0 aliphatic heterocycles. The van der Waals surface area contributed by atoms with E-state index in [1.165, 1.54) is 6.56 Å². The van der Waals surface area contributed by atoms with Gasteiger partial charge < -0.3 is 0 Å². The third-order valence-electron chi connectivity index (χ3n) is 4.91. The summed E-state index contributed by atoms with van der Waals surface area (Å²) in [6.45, 7) is 0. The Morgan fingerprint density at radius 3 is 1.59 bits per heavy atom. The topological polar surface area (TPSA) is 18.5 Å². The van der Waals surface area contributed by atoms with Crippen LogP contribution in [0.5, 0.6) is 11.5 Å². The molecule has 0 N–H and O–H groups in total. The number of hydrogen-bond donors (Lipinski definition) is 0. The van der Waals surface area contributed by atoms with E-state index >= 15 is 0 Å². The quantitative estimate of drug-likeness (QED) is 0.514. The van der Waals surface area contributed by atoms with Crippen LogP contribution in [0, 0.1) is 24.7 Å². The molecule has 0 bridgehead atoms. The Hall–Kier alpha value is -3.00. The molecule has 2 aromatic carbocycles. The van der Waals surface area contributed by atoms with Gasteiger partial charge in [0, 0.05) is 0 Å². The van der Waals surface area contributed by atoms with Crippen LogP contribution in [-0.4, -0.2) is 0 Å². The van der Waals surface area contributed by atoms with Crippen molar-refractivity contribution >= 4 is 0 Å². The summed E-state index contributed by atoms with van der Waals surface area (Å²) in [7, 11) is 0. The van der Waals surface area contributed by atoms with E-state index in [9.17, 15) is 0 Å². The van der Waals surface area contributed by atoms with E-state index < -0.39 is 21.1 Å². The zero-order valence-corrected chi connectivity index (χ0v) is 18.4. The summed E-state index contributed by atoms with van der Waals surface area (Å²) in [5.74, 6) is 6.85. The summed E-state index contributed by atoms with van der Waals surface area (Å²) in [5, 5.41) is 0. The zero-order valence-electron chi connectivity index (χ0n) is 16.0. The van der Waals surface area contributed by atoms with Crippen LogP contribution in [0.3, 0.4) is 0 Å². The first-order valence-corrected chi connectivity index (χ1v) is 13.9. The van der Waals surface area contributed by atoms with Crippen LogP contribution in [0.15, 0.2) is 91.5 Å². The van der Waals surface area contributed by atoms with Gasteiger partial charge in [-0.15, -0.1) is 0 Å². The fourth-order valence-corrected chi connectivity index (χ4v) is 11.6. The number of hydrogen-bond acceptors (Lipinski definition) is 2. The number of allylic oxidation sites excluding steroid dienone is 8. The Morgan fingerprint density at radius 1 is 0.724 bits per heavy atom. The Kier molecular flexibility index (Phi) is 5.71. The molecule has 29 heavy (non-hydrogen) atoms. The first-order chi connectivity index (χ1) is 14.2. The van der Waals surface area contributed by atoms with Crippen LogP contribution in [0.4, 0.5) is 0 Å². The third-order valence-corrected chi connectivity index (χ3v) is 13.5. The normalized spacial score (nSPS) is 14.7. The molecule has 0 amide bonds. The van der Waals surface area contributed by atoms with Gasteiger partial charge in [-0.25, -0.2) is 0 Å². The number of benzene rings is 2. The van der Waals surface area contributed by atoms with Crippen molar-refractivity contribution in [3.05, 3.63) is 103 Å². The molecule has 140 valence electrons. The average molecular weight is 456 g/mol. The Balaban J connectivity index is 1.81. The molecular weight excluding hydrogens is 436 g/mol. The molecule has 0 unspecified atom stereocenters. The summed E-state index contributed by atoms with van der Waals surface area (Å²) in [6.07, 6.45) is 25.6. The van der Waals surface area contributed by atoms with E-state index in [0.29, 0.717) is 0 Å². The van der Waals surface area contributed by atoms with Gasteiger partial charge in [-0.3, -0.25) is 0 Å². The maximum absolute atomic E-state index is 6.81. The molecule has 3 heteroatoms. The van der Waals surface area contributed by atoms with E-state index in [1.54, 1.807) is 0 Å². The molecule has 4 rings (SSSR count). The van der Waals surface area contributed by atoms with Gasteiger partial charge in [-0.2, -0.15) is 0 Å². The van der Waals surface area contributed by atoms with E-state index in [0.717, 1.165) is 35.5 Å². The van der Waals surface area contributed by atoms with Crippen LogP contribution >= 0.6 is 0 Å². The van der Waals surface area contributed by atoms with Crippen molar-refractivity contribution in [1.29, 1.82) is 0 Å². The Labute approximate surface area is 177 Å². The molecule has 2 aliphatic rings. The standard InChI is InChI=1S/2C8H6O.2C5H5.Zr/c2*1-2-7-4-3-5-8(9)6-7;2*1-2-4-5-3-1;/h2*1,3-6,9H;2*1-3H,4H2;/q;;;;+2/p-2. The molecule has 0 fully saturated rings. The fraction of sp³-hybridized carbons (Fsp3) is 0.0769. The van der Waals surface area contributed by atoms with Crippen molar-refractivity contribution in [2.24, 2.45) is 0 Å². The SMILES string of the molecule is C#Cc1cccc([O][Zr]([O]c2cccc(C#C)c2)([C]2=CC=CC2)[C]2=CC=CC2)c1. The molecule has 0 aromatic heterocycles. The molecular formula is C26H20O2Zr. The van der Waals surface area contributed by atoms with E-state index in [-0.39, 0.29) is 0 Å². The Bertz CT molecular complexity index is 1040. The van der Waals surface area contributed by atoms with Crippen molar-refractivity contribution in [1.82, 2.24) is 0 Å². The third kappa shape index (κ3) is 4.07. The zero-order chi connectivity index (χ0) is 20.1. The van der Waals surface area contributed by atoms with Gasteiger partial charge in [0.2, 0.25) is 0 Å². The van der Waals surface area contributed by atoms with Crippen LogP contribution in [0.1, 0.15) is 24.0 Å². The number of terminal acetylenes is 2. The first-order valence-electron chi connectivity index (χ1n) is 9.47. The molecule has 0 saturated heterocycles. The van der Waals surface area contributed by atoms with E-state index in [4.69, 9.17) is 18.5 Å². The molecule has 0 radical (unpaired) electrons. The van der Waals surface area contributed by atoms with Gasteiger partial charge in [-0.1, -0.05) is 0 Å². The second-order valence-corrected chi connectivity index (χ2v) is 14.0. The monoisotopic (exact) mass is 454 g/mol. The van der Waals surface area contributed by atoms with Crippen molar-refractivity contribution < 1.29 is 26.8 Å². The molecule has 2 nitrogen and oxygen atoms in total. The first kappa shape index (κ1) is 19.3. The van der Waals surface area contributed by atoms with E-state index in [2.05, 4.69) is 48.3 Å². The van der Waals surface area contributed by atoms with Crippen molar-refractivity contribution in [2.75, 3.05) is 0 Å². The van der Waals surface area contributed by atoms with Crippen LogP contribution in [0.25, 0.3) is 0 Å². The molecule has 2 aromatic rings. The van der Waals surface area contributed by atoms with E-state index in [1.807, 2.05) is 48.5 Å². The summed E-state index contributed by atoms with van der Waals surface area (Å²) in [6, 6.07) is 15.3. The minimum atomic E-state index is -4.01.